The summed E-state index contributed by atoms with van der Waals surface area (Å²) in [4.78, 5) is 17.3. The van der Waals surface area contributed by atoms with E-state index in [1.807, 2.05) is 23.9 Å². The van der Waals surface area contributed by atoms with Gasteiger partial charge in [0.15, 0.2) is 0 Å². The molecule has 114 valence electrons. The normalized spacial score (nSPS) is 25.3. The summed E-state index contributed by atoms with van der Waals surface area (Å²) in [7, 11) is 2.16. The Balaban J connectivity index is 1.71. The third kappa shape index (κ3) is 3.11. The molecule has 1 aromatic carbocycles. The van der Waals surface area contributed by atoms with Crippen LogP contribution in [0.5, 0.6) is 0 Å². The Hall–Kier alpha value is -1.00. The number of hydrogen-bond acceptors (Lipinski definition) is 3. The number of thioether (sulfide) groups is 1. The van der Waals surface area contributed by atoms with Gasteiger partial charge in [0.25, 0.3) is 5.91 Å². The van der Waals surface area contributed by atoms with Crippen molar-refractivity contribution in [1.29, 1.82) is 0 Å². The van der Waals surface area contributed by atoms with E-state index in [1.54, 1.807) is 0 Å². The number of amides is 1. The number of benzene rings is 1. The van der Waals surface area contributed by atoms with Crippen LogP contribution in [0.1, 0.15) is 35.7 Å². The van der Waals surface area contributed by atoms with Gasteiger partial charge in [-0.15, -0.1) is 0 Å². The van der Waals surface area contributed by atoms with E-state index in [-0.39, 0.29) is 5.91 Å². The highest BCUT2D eigenvalue weighted by molar-refractivity contribution is 7.98. The number of likely N-dealkylation sites (N-methyl/N-ethyl adjacent to an activating group) is 1. The van der Waals surface area contributed by atoms with Crippen molar-refractivity contribution in [2.75, 3.05) is 25.9 Å². The van der Waals surface area contributed by atoms with Crippen molar-refractivity contribution >= 4 is 17.7 Å². The van der Waals surface area contributed by atoms with E-state index in [0.717, 1.165) is 43.0 Å². The zero-order valence-corrected chi connectivity index (χ0v) is 13.7. The number of likely N-dealkylation sites (tertiary alicyclic amines) is 1. The van der Waals surface area contributed by atoms with Crippen LogP contribution in [0.4, 0.5) is 0 Å². The van der Waals surface area contributed by atoms with Gasteiger partial charge in [-0.2, -0.15) is 11.8 Å². The van der Waals surface area contributed by atoms with Gasteiger partial charge in [0.05, 0.1) is 0 Å². The Bertz CT molecular complexity index is 488. The number of piperazine rings is 1. The van der Waals surface area contributed by atoms with Crippen molar-refractivity contribution in [2.45, 2.75) is 37.6 Å². The first kappa shape index (κ1) is 14.9. The molecule has 2 heterocycles. The van der Waals surface area contributed by atoms with Crippen molar-refractivity contribution in [3.05, 3.63) is 35.4 Å². The molecule has 3 nitrogen and oxygen atoms in total. The predicted octanol–water partition coefficient (Wildman–Crippen LogP) is 2.86. The molecule has 2 saturated heterocycles. The van der Waals surface area contributed by atoms with Crippen molar-refractivity contribution in [1.82, 2.24) is 9.80 Å². The second-order valence-electron chi connectivity index (χ2n) is 6.15. The maximum Gasteiger partial charge on any atom is 0.254 e. The number of nitrogens with zero attached hydrogens (tertiary/aromatic N) is 2. The Morgan fingerprint density at radius 3 is 2.38 bits per heavy atom. The molecule has 1 amide bonds. The average molecular weight is 304 g/mol. The molecule has 3 rings (SSSR count). The standard InChI is InChI=1S/C17H24N2OS/c1-3-21-12-13-4-6-14(7-5-13)17(20)19-15-8-9-16(19)11-18(2)10-15/h4-7,15-16H,3,8-12H2,1-2H3. The molecule has 0 aromatic heterocycles. The summed E-state index contributed by atoms with van der Waals surface area (Å²) < 4.78 is 0. The van der Waals surface area contributed by atoms with Crippen LogP contribution >= 0.6 is 11.8 Å². The van der Waals surface area contributed by atoms with Crippen molar-refractivity contribution < 1.29 is 4.79 Å². The fourth-order valence-electron chi connectivity index (χ4n) is 3.56. The van der Waals surface area contributed by atoms with E-state index in [4.69, 9.17) is 0 Å². The highest BCUT2D eigenvalue weighted by Gasteiger charge is 2.41. The molecule has 2 aliphatic rings. The van der Waals surface area contributed by atoms with Crippen LogP contribution in [0.15, 0.2) is 24.3 Å². The van der Waals surface area contributed by atoms with Crippen molar-refractivity contribution in [2.24, 2.45) is 0 Å². The Labute approximate surface area is 131 Å². The summed E-state index contributed by atoms with van der Waals surface area (Å²) in [5.74, 6) is 2.39. The fourth-order valence-corrected chi connectivity index (χ4v) is 4.19. The van der Waals surface area contributed by atoms with Crippen LogP contribution in [0.3, 0.4) is 0 Å². The van der Waals surface area contributed by atoms with Gasteiger partial charge >= 0.3 is 0 Å². The molecule has 2 fully saturated rings. The molecule has 0 N–H and O–H groups in total. The first-order valence-corrected chi connectivity index (χ1v) is 9.02. The minimum atomic E-state index is 0.227. The van der Waals surface area contributed by atoms with E-state index in [0.29, 0.717) is 12.1 Å². The van der Waals surface area contributed by atoms with Gasteiger partial charge in [0, 0.05) is 36.5 Å². The van der Waals surface area contributed by atoms with Gasteiger partial charge in [0.2, 0.25) is 0 Å². The highest BCUT2D eigenvalue weighted by atomic mass is 32.2. The van der Waals surface area contributed by atoms with Crippen molar-refractivity contribution in [3.63, 3.8) is 0 Å². The molecule has 0 spiro atoms. The molecule has 0 radical (unpaired) electrons. The third-order valence-electron chi connectivity index (χ3n) is 4.57. The quantitative estimate of drug-likeness (QED) is 0.854. The molecule has 2 unspecified atom stereocenters. The molecule has 4 heteroatoms. The van der Waals surface area contributed by atoms with Crippen LogP contribution in [-0.2, 0) is 5.75 Å². The van der Waals surface area contributed by atoms with Crippen LogP contribution in [-0.4, -0.2) is 53.7 Å². The summed E-state index contributed by atoms with van der Waals surface area (Å²) >= 11 is 1.91. The molecular weight excluding hydrogens is 280 g/mol. The Morgan fingerprint density at radius 2 is 1.81 bits per heavy atom. The van der Waals surface area contributed by atoms with Gasteiger partial charge in [-0.25, -0.2) is 0 Å². The molecule has 0 saturated carbocycles. The van der Waals surface area contributed by atoms with Crippen LogP contribution in [0.2, 0.25) is 0 Å². The molecule has 21 heavy (non-hydrogen) atoms. The fraction of sp³-hybridized carbons (Fsp3) is 0.588. The van der Waals surface area contributed by atoms with E-state index in [1.165, 1.54) is 5.56 Å². The summed E-state index contributed by atoms with van der Waals surface area (Å²) in [5.41, 5.74) is 2.15. The summed E-state index contributed by atoms with van der Waals surface area (Å²) in [5, 5.41) is 0. The first-order chi connectivity index (χ1) is 10.2. The third-order valence-corrected chi connectivity index (χ3v) is 5.52. The molecule has 2 bridgehead atoms. The Kier molecular flexibility index (Phi) is 4.55. The van der Waals surface area contributed by atoms with E-state index in [9.17, 15) is 4.79 Å². The van der Waals surface area contributed by atoms with Crippen molar-refractivity contribution in [3.8, 4) is 0 Å². The maximum absolute atomic E-state index is 12.8. The second kappa shape index (κ2) is 6.41. The Morgan fingerprint density at radius 1 is 1.19 bits per heavy atom. The summed E-state index contributed by atoms with van der Waals surface area (Å²) in [6, 6.07) is 9.05. The van der Waals surface area contributed by atoms with Gasteiger partial charge < -0.3 is 9.80 Å². The lowest BCUT2D eigenvalue weighted by Gasteiger charge is -2.39. The lowest BCUT2D eigenvalue weighted by atomic mass is 10.1. The van der Waals surface area contributed by atoms with Gasteiger partial charge in [-0.3, -0.25) is 4.79 Å². The zero-order chi connectivity index (χ0) is 14.8. The second-order valence-corrected chi connectivity index (χ2v) is 7.43. The SMILES string of the molecule is CCSCc1ccc(C(=O)N2C3CCC2CN(C)C3)cc1. The number of fused-ring (bicyclic) bond motifs is 2. The number of hydrogen-bond donors (Lipinski definition) is 0. The maximum atomic E-state index is 12.8. The smallest absolute Gasteiger partial charge is 0.254 e. The molecular formula is C17H24N2OS. The van der Waals surface area contributed by atoms with E-state index >= 15 is 0 Å². The lowest BCUT2D eigenvalue weighted by Crippen LogP contribution is -2.54. The topological polar surface area (TPSA) is 23.6 Å². The van der Waals surface area contributed by atoms with Crippen LogP contribution in [0, 0.1) is 0 Å². The number of carbonyl (C=O) groups excluding carboxylic acids is 1. The minimum Gasteiger partial charge on any atom is -0.330 e. The summed E-state index contributed by atoms with van der Waals surface area (Å²) in [6.45, 7) is 4.21. The number of carbonyl (C=O) groups is 1. The molecule has 2 atom stereocenters. The van der Waals surface area contributed by atoms with Gasteiger partial charge in [0.1, 0.15) is 0 Å². The van der Waals surface area contributed by atoms with Gasteiger partial charge in [-0.1, -0.05) is 19.1 Å². The highest BCUT2D eigenvalue weighted by Crippen LogP contribution is 2.31. The van der Waals surface area contributed by atoms with Crippen LogP contribution in [0.25, 0.3) is 0 Å². The molecule has 2 aliphatic heterocycles. The minimum absolute atomic E-state index is 0.227. The zero-order valence-electron chi connectivity index (χ0n) is 12.9. The summed E-state index contributed by atoms with van der Waals surface area (Å²) in [6.07, 6.45) is 2.32. The molecule has 1 aromatic rings. The largest absolute Gasteiger partial charge is 0.330 e. The molecule has 0 aliphatic carbocycles. The predicted molar refractivity (Wildman–Crippen MR) is 88.8 cm³/mol. The van der Waals surface area contributed by atoms with Crippen LogP contribution < -0.4 is 0 Å². The van der Waals surface area contributed by atoms with E-state index in [2.05, 4.69) is 35.9 Å². The monoisotopic (exact) mass is 304 g/mol. The van der Waals surface area contributed by atoms with Gasteiger partial charge in [-0.05, 0) is 43.3 Å². The number of rotatable bonds is 4. The van der Waals surface area contributed by atoms with E-state index < -0.39 is 0 Å². The lowest BCUT2D eigenvalue weighted by molar-refractivity contribution is 0.0473. The first-order valence-electron chi connectivity index (χ1n) is 7.87. The average Bonchev–Trinajstić information content (AvgIpc) is 2.77.